The molecule has 2 aromatic heterocycles. The first kappa shape index (κ1) is 19.5. The van der Waals surface area contributed by atoms with Gasteiger partial charge in [-0.15, -0.1) is 0 Å². The average molecular weight is 408 g/mol. The number of benzene rings is 2. The summed E-state index contributed by atoms with van der Waals surface area (Å²) >= 11 is 0. The molecule has 8 heteroatoms. The fraction of sp³-hybridized carbons (Fsp3) is 0.136. The van der Waals surface area contributed by atoms with Crippen LogP contribution in [0.1, 0.15) is 16.1 Å². The highest BCUT2D eigenvalue weighted by atomic mass is 19.3. The number of halogens is 2. The van der Waals surface area contributed by atoms with Gasteiger partial charge < -0.3 is 10.1 Å². The predicted octanol–water partition coefficient (Wildman–Crippen LogP) is 4.80. The molecule has 152 valence electrons. The van der Waals surface area contributed by atoms with Crippen molar-refractivity contribution >= 4 is 22.6 Å². The fourth-order valence-electron chi connectivity index (χ4n) is 3.34. The van der Waals surface area contributed by atoms with Crippen molar-refractivity contribution in [3.63, 3.8) is 0 Å². The van der Waals surface area contributed by atoms with Gasteiger partial charge in [0.2, 0.25) is 0 Å². The number of fused-ring (bicyclic) bond motifs is 1. The van der Waals surface area contributed by atoms with Gasteiger partial charge in [0.1, 0.15) is 5.75 Å². The normalized spacial score (nSPS) is 11.1. The van der Waals surface area contributed by atoms with Gasteiger partial charge in [0, 0.05) is 12.6 Å². The van der Waals surface area contributed by atoms with Crippen molar-refractivity contribution in [1.82, 2.24) is 14.8 Å². The minimum Gasteiger partial charge on any atom is -0.433 e. The number of rotatable bonds is 5. The zero-order valence-electron chi connectivity index (χ0n) is 16.3. The minimum absolute atomic E-state index is 0.114. The van der Waals surface area contributed by atoms with Crippen LogP contribution in [0.25, 0.3) is 22.3 Å². The summed E-state index contributed by atoms with van der Waals surface area (Å²) in [5, 5.41) is 7.66. The van der Waals surface area contributed by atoms with E-state index in [1.807, 2.05) is 30.3 Å². The highest BCUT2D eigenvalue weighted by Gasteiger charge is 2.20. The quantitative estimate of drug-likeness (QED) is 0.515. The van der Waals surface area contributed by atoms with E-state index < -0.39 is 12.5 Å². The summed E-state index contributed by atoms with van der Waals surface area (Å²) in [6, 6.07) is 17.2. The number of ether oxygens (including phenoxy) is 1. The first-order valence-electron chi connectivity index (χ1n) is 9.19. The largest absolute Gasteiger partial charge is 0.433 e. The molecular formula is C22H18F2N4O2. The number of amides is 1. The van der Waals surface area contributed by atoms with Crippen LogP contribution >= 0.6 is 0 Å². The Morgan fingerprint density at radius 2 is 1.80 bits per heavy atom. The molecule has 1 N–H and O–H groups in total. The maximum atomic E-state index is 13.2. The number of alkyl halides is 2. The Bertz CT molecular complexity index is 1220. The van der Waals surface area contributed by atoms with Crippen LogP contribution in [0.5, 0.6) is 5.75 Å². The van der Waals surface area contributed by atoms with E-state index in [1.165, 1.54) is 12.1 Å². The summed E-state index contributed by atoms with van der Waals surface area (Å²) in [5.41, 5.74) is 3.13. The van der Waals surface area contributed by atoms with E-state index >= 15 is 0 Å². The number of hydrogen-bond donors (Lipinski definition) is 1. The number of anilines is 1. The predicted molar refractivity (Wildman–Crippen MR) is 110 cm³/mol. The van der Waals surface area contributed by atoms with Crippen LogP contribution in [-0.4, -0.2) is 27.3 Å². The molecule has 0 aliphatic rings. The number of para-hydroxylation sites is 2. The summed E-state index contributed by atoms with van der Waals surface area (Å²) in [7, 11) is 1.75. The van der Waals surface area contributed by atoms with E-state index in [4.69, 9.17) is 0 Å². The second-order valence-electron chi connectivity index (χ2n) is 6.66. The van der Waals surface area contributed by atoms with Gasteiger partial charge in [0.05, 0.1) is 28.0 Å². The van der Waals surface area contributed by atoms with Crippen LogP contribution in [0.15, 0.2) is 60.7 Å². The second kappa shape index (κ2) is 7.90. The second-order valence-corrected chi connectivity index (χ2v) is 6.66. The first-order valence-corrected chi connectivity index (χ1v) is 9.19. The summed E-state index contributed by atoms with van der Waals surface area (Å²) in [4.78, 5) is 17.9. The average Bonchev–Trinajstić information content (AvgIpc) is 3.03. The Morgan fingerprint density at radius 1 is 1.10 bits per heavy atom. The zero-order valence-corrected chi connectivity index (χ0v) is 16.3. The Labute approximate surface area is 171 Å². The van der Waals surface area contributed by atoms with Gasteiger partial charge in [-0.1, -0.05) is 42.5 Å². The number of aromatic nitrogens is 3. The van der Waals surface area contributed by atoms with Crippen molar-refractivity contribution < 1.29 is 18.3 Å². The summed E-state index contributed by atoms with van der Waals surface area (Å²) in [6.07, 6.45) is 0. The van der Waals surface area contributed by atoms with Crippen LogP contribution in [0.4, 0.5) is 14.5 Å². The van der Waals surface area contributed by atoms with Gasteiger partial charge in [-0.25, -0.2) is 4.98 Å². The van der Waals surface area contributed by atoms with Crippen molar-refractivity contribution in [3.05, 3.63) is 71.9 Å². The first-order chi connectivity index (χ1) is 14.4. The number of carbonyl (C=O) groups excluding carboxylic acids is 1. The Hall–Kier alpha value is -3.81. The number of aryl methyl sites for hydroxylation is 2. The Morgan fingerprint density at radius 3 is 2.53 bits per heavy atom. The molecule has 0 unspecified atom stereocenters. The van der Waals surface area contributed by atoms with Gasteiger partial charge in [0.25, 0.3) is 5.91 Å². The van der Waals surface area contributed by atoms with Crippen molar-refractivity contribution in [1.29, 1.82) is 0 Å². The van der Waals surface area contributed by atoms with Crippen LogP contribution in [0.2, 0.25) is 0 Å². The van der Waals surface area contributed by atoms with E-state index in [1.54, 1.807) is 36.9 Å². The summed E-state index contributed by atoms with van der Waals surface area (Å²) < 4.78 is 31.5. The molecule has 4 aromatic rings. The van der Waals surface area contributed by atoms with E-state index in [0.717, 1.165) is 5.56 Å². The maximum absolute atomic E-state index is 13.2. The van der Waals surface area contributed by atoms with E-state index in [0.29, 0.717) is 28.0 Å². The fourth-order valence-corrected chi connectivity index (χ4v) is 3.34. The Balaban J connectivity index is 1.81. The molecule has 0 atom stereocenters. The van der Waals surface area contributed by atoms with Crippen LogP contribution in [-0.2, 0) is 7.05 Å². The molecule has 0 radical (unpaired) electrons. The molecular weight excluding hydrogens is 390 g/mol. The number of nitrogens with one attached hydrogen (secondary N) is 1. The lowest BCUT2D eigenvalue weighted by Crippen LogP contribution is -2.15. The third-order valence-electron chi connectivity index (χ3n) is 4.63. The molecule has 0 saturated heterocycles. The highest BCUT2D eigenvalue weighted by molar-refractivity contribution is 6.13. The third kappa shape index (κ3) is 3.71. The molecule has 0 bridgehead atoms. The van der Waals surface area contributed by atoms with Crippen LogP contribution in [0.3, 0.4) is 0 Å². The van der Waals surface area contributed by atoms with E-state index in [-0.39, 0.29) is 11.4 Å². The monoisotopic (exact) mass is 408 g/mol. The van der Waals surface area contributed by atoms with Gasteiger partial charge >= 0.3 is 6.61 Å². The maximum Gasteiger partial charge on any atom is 0.387 e. The van der Waals surface area contributed by atoms with Crippen molar-refractivity contribution in [2.24, 2.45) is 7.05 Å². The molecule has 0 saturated carbocycles. The Kier molecular flexibility index (Phi) is 5.14. The van der Waals surface area contributed by atoms with Gasteiger partial charge in [0.15, 0.2) is 5.65 Å². The van der Waals surface area contributed by atoms with E-state index in [9.17, 15) is 13.6 Å². The van der Waals surface area contributed by atoms with Crippen molar-refractivity contribution in [2.45, 2.75) is 13.5 Å². The van der Waals surface area contributed by atoms with Crippen molar-refractivity contribution in [3.8, 4) is 17.0 Å². The molecule has 2 aromatic carbocycles. The molecule has 30 heavy (non-hydrogen) atoms. The summed E-state index contributed by atoms with van der Waals surface area (Å²) in [6.45, 7) is -1.21. The molecule has 0 fully saturated rings. The SMILES string of the molecule is Cc1nn(C)c2nc(-c3ccccc3)cc(C(=O)Nc3ccccc3OC(F)F)c12. The summed E-state index contributed by atoms with van der Waals surface area (Å²) in [5.74, 6) is -0.585. The van der Waals surface area contributed by atoms with Crippen molar-refractivity contribution in [2.75, 3.05) is 5.32 Å². The van der Waals surface area contributed by atoms with Gasteiger partial charge in [-0.05, 0) is 25.1 Å². The topological polar surface area (TPSA) is 69.0 Å². The standard InChI is InChI=1S/C22H18F2N4O2/c1-13-19-15(21(29)26-16-10-6-7-11-18(16)30-22(23)24)12-17(14-8-4-3-5-9-14)25-20(19)28(2)27-13/h3-12,22H,1-2H3,(H,26,29). The molecule has 0 aliphatic heterocycles. The number of pyridine rings is 1. The lowest BCUT2D eigenvalue weighted by molar-refractivity contribution is -0.0493. The number of carbonyl (C=O) groups is 1. The molecule has 2 heterocycles. The molecule has 6 nitrogen and oxygen atoms in total. The third-order valence-corrected chi connectivity index (χ3v) is 4.63. The zero-order chi connectivity index (χ0) is 21.3. The number of nitrogens with zero attached hydrogens (tertiary/aromatic N) is 3. The smallest absolute Gasteiger partial charge is 0.387 e. The molecule has 0 spiro atoms. The molecule has 4 rings (SSSR count). The molecule has 0 aliphatic carbocycles. The van der Waals surface area contributed by atoms with Gasteiger partial charge in [-0.2, -0.15) is 13.9 Å². The lowest BCUT2D eigenvalue weighted by atomic mass is 10.0. The van der Waals surface area contributed by atoms with E-state index in [2.05, 4.69) is 20.1 Å². The number of hydrogen-bond acceptors (Lipinski definition) is 4. The minimum atomic E-state index is -3.00. The lowest BCUT2D eigenvalue weighted by Gasteiger charge is -2.13. The highest BCUT2D eigenvalue weighted by Crippen LogP contribution is 2.30. The van der Waals surface area contributed by atoms with Crippen LogP contribution in [0, 0.1) is 6.92 Å². The molecule has 1 amide bonds. The van der Waals surface area contributed by atoms with Crippen LogP contribution < -0.4 is 10.1 Å². The van der Waals surface area contributed by atoms with Gasteiger partial charge in [-0.3, -0.25) is 9.48 Å².